The molecule has 0 saturated heterocycles. The first-order valence-corrected chi connectivity index (χ1v) is 4.96. The molecule has 0 aliphatic heterocycles. The number of nitrogens with one attached hydrogen (secondary N) is 1. The number of benzene rings is 1. The van der Waals surface area contributed by atoms with Crippen molar-refractivity contribution in [2.75, 3.05) is 5.73 Å². The van der Waals surface area contributed by atoms with E-state index in [0.717, 1.165) is 22.2 Å². The number of nitrogens with two attached hydrogens (primary N) is 1. The number of H-pyrrole nitrogens is 1. The van der Waals surface area contributed by atoms with E-state index in [0.29, 0.717) is 5.82 Å². The van der Waals surface area contributed by atoms with E-state index >= 15 is 0 Å². The summed E-state index contributed by atoms with van der Waals surface area (Å²) in [5.41, 5.74) is 9.87. The fourth-order valence-corrected chi connectivity index (χ4v) is 1.77. The maximum absolute atomic E-state index is 5.93. The van der Waals surface area contributed by atoms with E-state index in [4.69, 9.17) is 5.73 Å². The first-order chi connectivity index (χ1) is 7.75. The minimum atomic E-state index is 0.666. The molecule has 5 heteroatoms. The molecule has 5 nitrogen and oxygen atoms in total. The molecule has 0 amide bonds. The summed E-state index contributed by atoms with van der Waals surface area (Å²) >= 11 is 0. The van der Waals surface area contributed by atoms with E-state index in [-0.39, 0.29) is 0 Å². The van der Waals surface area contributed by atoms with E-state index in [2.05, 4.69) is 15.1 Å². The zero-order valence-corrected chi connectivity index (χ0v) is 8.81. The number of rotatable bonds is 1. The number of fused-ring (bicyclic) bond motifs is 1. The number of hydrogen-bond donors (Lipinski definition) is 2. The smallest absolute Gasteiger partial charge is 0.129 e. The molecule has 0 radical (unpaired) electrons. The van der Waals surface area contributed by atoms with Crippen LogP contribution in [-0.4, -0.2) is 19.7 Å². The van der Waals surface area contributed by atoms with Gasteiger partial charge in [-0.1, -0.05) is 6.07 Å². The Hall–Kier alpha value is -2.30. The summed E-state index contributed by atoms with van der Waals surface area (Å²) in [5, 5.41) is 4.13. The van der Waals surface area contributed by atoms with Crippen molar-refractivity contribution in [1.82, 2.24) is 19.7 Å². The van der Waals surface area contributed by atoms with Crippen molar-refractivity contribution in [2.24, 2.45) is 7.05 Å². The van der Waals surface area contributed by atoms with Crippen LogP contribution >= 0.6 is 0 Å². The van der Waals surface area contributed by atoms with Gasteiger partial charge in [-0.3, -0.25) is 4.68 Å². The Morgan fingerprint density at radius 1 is 1.38 bits per heavy atom. The van der Waals surface area contributed by atoms with E-state index in [1.807, 2.05) is 25.2 Å². The van der Waals surface area contributed by atoms with Gasteiger partial charge in [0, 0.05) is 12.6 Å². The Bertz CT molecular complexity index is 649. The molecule has 0 saturated carbocycles. The van der Waals surface area contributed by atoms with Gasteiger partial charge in [0.05, 0.1) is 23.6 Å². The van der Waals surface area contributed by atoms with Crippen LogP contribution in [0.25, 0.3) is 22.2 Å². The first kappa shape index (κ1) is 8.96. The molecule has 0 bridgehead atoms. The van der Waals surface area contributed by atoms with Gasteiger partial charge in [-0.2, -0.15) is 5.10 Å². The highest BCUT2D eigenvalue weighted by molar-refractivity contribution is 5.84. The molecule has 3 N–H and O–H groups in total. The average Bonchev–Trinajstić information content (AvgIpc) is 2.86. The lowest BCUT2D eigenvalue weighted by atomic mass is 10.1. The molecule has 3 aromatic rings. The van der Waals surface area contributed by atoms with Crippen molar-refractivity contribution in [1.29, 1.82) is 0 Å². The third-order valence-electron chi connectivity index (χ3n) is 2.72. The van der Waals surface area contributed by atoms with Gasteiger partial charge in [0.25, 0.3) is 0 Å². The van der Waals surface area contributed by atoms with E-state index in [9.17, 15) is 0 Å². The second-order valence-electron chi connectivity index (χ2n) is 3.70. The average molecular weight is 213 g/mol. The maximum Gasteiger partial charge on any atom is 0.129 e. The second kappa shape index (κ2) is 3.10. The maximum atomic E-state index is 5.93. The predicted molar refractivity (Wildman–Crippen MR) is 62.7 cm³/mol. The number of anilines is 1. The lowest BCUT2D eigenvalue weighted by molar-refractivity contribution is 0.779. The highest BCUT2D eigenvalue weighted by Crippen LogP contribution is 2.26. The highest BCUT2D eigenvalue weighted by atomic mass is 15.3. The Labute approximate surface area is 91.9 Å². The van der Waals surface area contributed by atoms with Crippen LogP contribution in [-0.2, 0) is 7.05 Å². The molecule has 2 heterocycles. The molecule has 0 atom stereocenters. The number of aromatic amines is 1. The van der Waals surface area contributed by atoms with Gasteiger partial charge in [0.1, 0.15) is 5.82 Å². The summed E-state index contributed by atoms with van der Waals surface area (Å²) < 4.78 is 1.66. The topological polar surface area (TPSA) is 72.5 Å². The Kier molecular flexibility index (Phi) is 1.73. The zero-order valence-electron chi connectivity index (χ0n) is 8.81. The zero-order chi connectivity index (χ0) is 11.1. The van der Waals surface area contributed by atoms with Crippen LogP contribution in [0, 0.1) is 0 Å². The third-order valence-corrected chi connectivity index (χ3v) is 2.72. The standard InChI is InChI=1S/C11H11N5/c1-16-11(12)8(5-15-16)7-2-3-9-10(4-7)14-6-13-9/h2-6H,12H2,1H3,(H,13,14). The third kappa shape index (κ3) is 1.18. The molecule has 0 unspecified atom stereocenters. The summed E-state index contributed by atoms with van der Waals surface area (Å²) in [5.74, 6) is 0.666. The van der Waals surface area contributed by atoms with E-state index < -0.39 is 0 Å². The van der Waals surface area contributed by atoms with Crippen molar-refractivity contribution in [3.05, 3.63) is 30.7 Å². The van der Waals surface area contributed by atoms with Crippen LogP contribution in [0.15, 0.2) is 30.7 Å². The Morgan fingerprint density at radius 2 is 2.25 bits per heavy atom. The van der Waals surface area contributed by atoms with Crippen LogP contribution in [0.4, 0.5) is 5.82 Å². The molecular formula is C11H11N5. The number of aryl methyl sites for hydroxylation is 1. The SMILES string of the molecule is Cn1ncc(-c2ccc3nc[nH]c3c2)c1N. The molecule has 80 valence electrons. The number of aromatic nitrogens is 4. The minimum Gasteiger partial charge on any atom is -0.383 e. The molecule has 0 spiro atoms. The van der Waals surface area contributed by atoms with Gasteiger partial charge >= 0.3 is 0 Å². The van der Waals surface area contributed by atoms with Crippen molar-refractivity contribution in [3.63, 3.8) is 0 Å². The lowest BCUT2D eigenvalue weighted by Gasteiger charge is -2.00. The Balaban J connectivity index is 2.21. The summed E-state index contributed by atoms with van der Waals surface area (Å²) in [4.78, 5) is 7.25. The quantitative estimate of drug-likeness (QED) is 0.644. The normalized spacial score (nSPS) is 11.1. The number of hydrogen-bond acceptors (Lipinski definition) is 3. The van der Waals surface area contributed by atoms with Gasteiger partial charge in [0.2, 0.25) is 0 Å². The second-order valence-corrected chi connectivity index (χ2v) is 3.70. The molecule has 3 rings (SSSR count). The van der Waals surface area contributed by atoms with Gasteiger partial charge in [0.15, 0.2) is 0 Å². The van der Waals surface area contributed by atoms with Gasteiger partial charge < -0.3 is 10.7 Å². The first-order valence-electron chi connectivity index (χ1n) is 4.96. The minimum absolute atomic E-state index is 0.666. The van der Waals surface area contributed by atoms with Crippen molar-refractivity contribution in [3.8, 4) is 11.1 Å². The molecule has 0 fully saturated rings. The van der Waals surface area contributed by atoms with Gasteiger partial charge in [-0.15, -0.1) is 0 Å². The molecule has 0 aliphatic carbocycles. The Morgan fingerprint density at radius 3 is 3.00 bits per heavy atom. The number of imidazole rings is 1. The van der Waals surface area contributed by atoms with Crippen molar-refractivity contribution in [2.45, 2.75) is 0 Å². The van der Waals surface area contributed by atoms with Crippen molar-refractivity contribution >= 4 is 16.9 Å². The molecule has 1 aromatic carbocycles. The summed E-state index contributed by atoms with van der Waals surface area (Å²) in [6.07, 6.45) is 3.45. The molecule has 2 aromatic heterocycles. The van der Waals surface area contributed by atoms with Crippen LogP contribution < -0.4 is 5.73 Å². The molecule has 16 heavy (non-hydrogen) atoms. The highest BCUT2D eigenvalue weighted by Gasteiger charge is 2.08. The summed E-state index contributed by atoms with van der Waals surface area (Å²) in [6.45, 7) is 0. The van der Waals surface area contributed by atoms with Gasteiger partial charge in [-0.05, 0) is 17.7 Å². The van der Waals surface area contributed by atoms with Gasteiger partial charge in [-0.25, -0.2) is 4.98 Å². The summed E-state index contributed by atoms with van der Waals surface area (Å²) in [6, 6.07) is 5.99. The monoisotopic (exact) mass is 213 g/mol. The number of nitrogens with zero attached hydrogens (tertiary/aromatic N) is 3. The largest absolute Gasteiger partial charge is 0.383 e. The van der Waals surface area contributed by atoms with Crippen molar-refractivity contribution < 1.29 is 0 Å². The fraction of sp³-hybridized carbons (Fsp3) is 0.0909. The molecular weight excluding hydrogens is 202 g/mol. The van der Waals surface area contributed by atoms with Crippen LogP contribution in [0.1, 0.15) is 0 Å². The summed E-state index contributed by atoms with van der Waals surface area (Å²) in [7, 11) is 1.83. The van der Waals surface area contributed by atoms with E-state index in [1.54, 1.807) is 17.2 Å². The predicted octanol–water partition coefficient (Wildman–Crippen LogP) is 1.55. The number of nitrogen functional groups attached to an aromatic ring is 1. The molecule has 0 aliphatic rings. The van der Waals surface area contributed by atoms with E-state index in [1.165, 1.54) is 0 Å². The van der Waals surface area contributed by atoms with Crippen LogP contribution in [0.3, 0.4) is 0 Å². The fourth-order valence-electron chi connectivity index (χ4n) is 1.77. The van der Waals surface area contributed by atoms with Crippen LogP contribution in [0.5, 0.6) is 0 Å². The lowest BCUT2D eigenvalue weighted by Crippen LogP contribution is -1.97. The van der Waals surface area contributed by atoms with Crippen LogP contribution in [0.2, 0.25) is 0 Å².